The summed E-state index contributed by atoms with van der Waals surface area (Å²) in [6, 6.07) is 9.70. The molecule has 2 aromatic rings. The highest BCUT2D eigenvalue weighted by atomic mass is 19.3. The Morgan fingerprint density at radius 3 is 2.47 bits per heavy atom. The number of nitrogens with zero attached hydrogens (tertiary/aromatic N) is 1. The maximum Gasteiger partial charge on any atom is 0.279 e. The van der Waals surface area contributed by atoms with Gasteiger partial charge >= 0.3 is 0 Å². The van der Waals surface area contributed by atoms with Gasteiger partial charge in [0.25, 0.3) is 5.91 Å². The minimum atomic E-state index is -2.72. The van der Waals surface area contributed by atoms with Crippen LogP contribution in [0.1, 0.15) is 52.7 Å². The minimum Gasteiger partial charge on any atom is -0.627 e. The van der Waals surface area contributed by atoms with Crippen LogP contribution in [0.5, 0.6) is 0 Å². The Balaban J connectivity index is 1.66. The smallest absolute Gasteiger partial charge is 0.279 e. The number of halogens is 2. The van der Waals surface area contributed by atoms with Crippen LogP contribution < -0.4 is 21.4 Å². The molecular weight excluding hydrogens is 444 g/mol. The van der Waals surface area contributed by atoms with E-state index in [0.717, 1.165) is 0 Å². The van der Waals surface area contributed by atoms with E-state index in [1.807, 2.05) is 0 Å². The van der Waals surface area contributed by atoms with E-state index in [1.54, 1.807) is 24.3 Å². The van der Waals surface area contributed by atoms with Gasteiger partial charge in [0.2, 0.25) is 11.8 Å². The zero-order valence-corrected chi connectivity index (χ0v) is 18.5. The van der Waals surface area contributed by atoms with Gasteiger partial charge in [0.05, 0.1) is 0 Å². The molecule has 2 aromatic carbocycles. The molecule has 34 heavy (non-hydrogen) atoms. The van der Waals surface area contributed by atoms with Crippen LogP contribution in [0.4, 0.5) is 14.5 Å². The largest absolute Gasteiger partial charge is 0.627 e. The van der Waals surface area contributed by atoms with E-state index < -0.39 is 34.5 Å². The van der Waals surface area contributed by atoms with E-state index in [0.29, 0.717) is 22.4 Å². The summed E-state index contributed by atoms with van der Waals surface area (Å²) >= 11 is 0. The molecule has 0 saturated heterocycles. The molecule has 0 radical (unpaired) electrons. The Morgan fingerprint density at radius 1 is 1.12 bits per heavy atom. The summed E-state index contributed by atoms with van der Waals surface area (Å²) in [5.41, 5.74) is 13.1. The van der Waals surface area contributed by atoms with Crippen LogP contribution in [0.15, 0.2) is 42.5 Å². The predicted molar refractivity (Wildman–Crippen MR) is 124 cm³/mol. The molecule has 1 fully saturated rings. The SMILES string of the molecule is N=C(N)c1ccc2c(c1)[N+]([O-])(Cc1cccc(C(N)=O)c1)C(C(=O)NC1CCC(F)(F)CC1)C2. The number of nitrogens with one attached hydrogen (secondary N) is 2. The number of nitrogens with two attached hydrogens (primary N) is 2. The summed E-state index contributed by atoms with van der Waals surface area (Å²) in [7, 11) is 0. The monoisotopic (exact) mass is 471 g/mol. The lowest BCUT2D eigenvalue weighted by atomic mass is 9.92. The number of fused-ring (bicyclic) bond motifs is 1. The molecule has 6 N–H and O–H groups in total. The average Bonchev–Trinajstić information content (AvgIpc) is 3.07. The highest BCUT2D eigenvalue weighted by Gasteiger charge is 2.46. The first-order valence-electron chi connectivity index (χ1n) is 11.1. The molecule has 2 unspecified atom stereocenters. The Kier molecular flexibility index (Phi) is 6.13. The zero-order valence-electron chi connectivity index (χ0n) is 18.5. The molecule has 1 aliphatic heterocycles. The van der Waals surface area contributed by atoms with E-state index in [1.165, 1.54) is 18.2 Å². The lowest BCUT2D eigenvalue weighted by molar-refractivity contribution is -0.126. The first-order chi connectivity index (χ1) is 16.0. The molecule has 10 heteroatoms. The molecule has 0 spiro atoms. The number of benzene rings is 2. The molecule has 1 saturated carbocycles. The van der Waals surface area contributed by atoms with Gasteiger partial charge in [-0.15, -0.1) is 0 Å². The van der Waals surface area contributed by atoms with Crippen LogP contribution in [-0.2, 0) is 17.8 Å². The fourth-order valence-electron chi connectivity index (χ4n) is 4.83. The Morgan fingerprint density at radius 2 is 1.82 bits per heavy atom. The number of amides is 2. The number of carbonyl (C=O) groups is 2. The van der Waals surface area contributed by atoms with Crippen molar-refractivity contribution in [3.05, 3.63) is 69.9 Å². The predicted octanol–water partition coefficient (Wildman–Crippen LogP) is 2.69. The normalized spacial score (nSPS) is 23.8. The number of nitrogen functional groups attached to an aromatic ring is 1. The summed E-state index contributed by atoms with van der Waals surface area (Å²) in [6.45, 7) is -0.156. The number of carbonyl (C=O) groups excluding carboxylic acids is 2. The fourth-order valence-corrected chi connectivity index (χ4v) is 4.83. The van der Waals surface area contributed by atoms with Crippen LogP contribution in [0, 0.1) is 10.6 Å². The second-order valence-electron chi connectivity index (χ2n) is 9.13. The molecule has 2 atom stereocenters. The fraction of sp³-hybridized carbons (Fsp3) is 0.375. The third-order valence-electron chi connectivity index (χ3n) is 6.72. The van der Waals surface area contributed by atoms with Crippen LogP contribution >= 0.6 is 0 Å². The number of alkyl halides is 2. The summed E-state index contributed by atoms with van der Waals surface area (Å²) in [4.78, 5) is 24.9. The third kappa shape index (κ3) is 4.64. The number of quaternary nitrogens is 1. The number of hydrogen-bond donors (Lipinski definition) is 4. The van der Waals surface area contributed by atoms with Gasteiger partial charge in [0.15, 0.2) is 6.04 Å². The van der Waals surface area contributed by atoms with Gasteiger partial charge in [-0.25, -0.2) is 8.78 Å². The summed E-state index contributed by atoms with van der Waals surface area (Å²) in [5, 5.41) is 24.9. The first-order valence-corrected chi connectivity index (χ1v) is 11.1. The lowest BCUT2D eigenvalue weighted by Crippen LogP contribution is -2.57. The van der Waals surface area contributed by atoms with Crippen LogP contribution in [0.2, 0.25) is 0 Å². The van der Waals surface area contributed by atoms with E-state index in [2.05, 4.69) is 5.32 Å². The number of primary amides is 1. The van der Waals surface area contributed by atoms with Crippen molar-refractivity contribution in [1.82, 2.24) is 9.96 Å². The van der Waals surface area contributed by atoms with Gasteiger partial charge in [-0.1, -0.05) is 24.3 Å². The van der Waals surface area contributed by atoms with Crippen molar-refractivity contribution >= 4 is 23.3 Å². The van der Waals surface area contributed by atoms with Crippen LogP contribution in [0.25, 0.3) is 0 Å². The molecular formula is C24H27F2N5O3. The zero-order chi connectivity index (χ0) is 24.7. The maximum atomic E-state index is 14.4. The van der Waals surface area contributed by atoms with Gasteiger partial charge in [0, 0.05) is 53.6 Å². The number of rotatable bonds is 6. The van der Waals surface area contributed by atoms with Gasteiger partial charge < -0.3 is 26.6 Å². The van der Waals surface area contributed by atoms with E-state index in [9.17, 15) is 23.6 Å². The highest BCUT2D eigenvalue weighted by Crippen LogP contribution is 2.41. The van der Waals surface area contributed by atoms with E-state index >= 15 is 0 Å². The lowest BCUT2D eigenvalue weighted by Gasteiger charge is -2.44. The van der Waals surface area contributed by atoms with Crippen molar-refractivity contribution < 1.29 is 18.4 Å². The summed E-state index contributed by atoms with van der Waals surface area (Å²) < 4.78 is 26.0. The van der Waals surface area contributed by atoms with Gasteiger partial charge in [0.1, 0.15) is 18.1 Å². The standard InChI is InChI=1S/C24H27F2N5O3/c25-24(26)8-6-18(7-9-24)30-23(33)20-11-15-4-5-16(21(27)28)12-19(15)31(20,34)13-14-2-1-3-17(10-14)22(29)32/h1-5,10,12,18,20H,6-9,11,13H2,(H3,27,28)(H2,29,32)(H,30,33). The van der Waals surface area contributed by atoms with Crippen molar-refractivity contribution in [3.63, 3.8) is 0 Å². The van der Waals surface area contributed by atoms with Crippen LogP contribution in [-0.4, -0.2) is 35.7 Å². The van der Waals surface area contributed by atoms with Crippen molar-refractivity contribution in [2.24, 2.45) is 11.5 Å². The van der Waals surface area contributed by atoms with Crippen molar-refractivity contribution in [3.8, 4) is 0 Å². The number of hydroxylamine groups is 2. The van der Waals surface area contributed by atoms with Crippen molar-refractivity contribution in [2.75, 3.05) is 0 Å². The Hall–Kier alpha value is -3.37. The molecule has 2 aliphatic rings. The molecule has 0 bridgehead atoms. The van der Waals surface area contributed by atoms with Gasteiger partial charge in [-0.05, 0) is 25.0 Å². The average molecular weight is 472 g/mol. The first kappa shape index (κ1) is 23.8. The molecule has 1 heterocycles. The van der Waals surface area contributed by atoms with Crippen molar-refractivity contribution in [1.29, 1.82) is 5.41 Å². The third-order valence-corrected chi connectivity index (χ3v) is 6.72. The highest BCUT2D eigenvalue weighted by molar-refractivity contribution is 5.97. The molecule has 4 rings (SSSR count). The number of amidine groups is 1. The number of hydrogen-bond acceptors (Lipinski definition) is 4. The molecule has 0 aromatic heterocycles. The van der Waals surface area contributed by atoms with E-state index in [-0.39, 0.29) is 50.0 Å². The topological polar surface area (TPSA) is 145 Å². The second kappa shape index (κ2) is 8.77. The Labute approximate surface area is 195 Å². The summed E-state index contributed by atoms with van der Waals surface area (Å²) in [6.07, 6.45) is -0.162. The molecule has 2 amide bonds. The maximum absolute atomic E-state index is 14.4. The van der Waals surface area contributed by atoms with Crippen LogP contribution in [0.3, 0.4) is 0 Å². The van der Waals surface area contributed by atoms with Gasteiger partial charge in [-0.3, -0.25) is 15.0 Å². The molecule has 180 valence electrons. The van der Waals surface area contributed by atoms with Gasteiger partial charge in [-0.2, -0.15) is 0 Å². The minimum absolute atomic E-state index is 0.145. The van der Waals surface area contributed by atoms with Crippen molar-refractivity contribution in [2.45, 2.75) is 56.7 Å². The molecule has 1 aliphatic carbocycles. The second-order valence-corrected chi connectivity index (χ2v) is 9.13. The Bertz CT molecular complexity index is 1150. The quantitative estimate of drug-likeness (QED) is 0.222. The van der Waals surface area contributed by atoms with E-state index in [4.69, 9.17) is 16.9 Å². The molecule has 8 nitrogen and oxygen atoms in total. The summed E-state index contributed by atoms with van der Waals surface area (Å²) in [5.74, 6) is -4.07.